The average Bonchev–Trinajstić information content (AvgIpc) is 2.17. The molecule has 0 heterocycles. The Balaban J connectivity index is 0. The first-order valence-electron chi connectivity index (χ1n) is 3.78. The molecule has 0 fully saturated rings. The van der Waals surface area contributed by atoms with Crippen LogP contribution in [0.3, 0.4) is 0 Å². The van der Waals surface area contributed by atoms with Crippen molar-refractivity contribution in [1.82, 2.24) is 0 Å². The molecular weight excluding hydrogens is 212 g/mol. The van der Waals surface area contributed by atoms with E-state index in [1.165, 1.54) is 0 Å². The van der Waals surface area contributed by atoms with Gasteiger partial charge in [-0.05, 0) is 12.5 Å². The van der Waals surface area contributed by atoms with Crippen LogP contribution >= 0.6 is 15.9 Å². The Morgan fingerprint density at radius 3 is 2.17 bits per heavy atom. The van der Waals surface area contributed by atoms with E-state index in [2.05, 4.69) is 35.0 Å². The van der Waals surface area contributed by atoms with E-state index in [1.807, 2.05) is 20.8 Å². The van der Waals surface area contributed by atoms with Crippen LogP contribution in [0, 0.1) is 12.3 Å². The Hall–Kier alpha value is -0.740. The van der Waals surface area contributed by atoms with E-state index in [-0.39, 0.29) is 0 Å². The van der Waals surface area contributed by atoms with Crippen molar-refractivity contribution in [2.24, 2.45) is 0 Å². The molecule has 0 spiro atoms. The molecule has 1 heteroatoms. The molecule has 0 saturated carbocycles. The number of halogens is 1. The highest BCUT2D eigenvalue weighted by Crippen LogP contribution is 2.17. The maximum atomic E-state index is 5.13. The molecule has 12 heavy (non-hydrogen) atoms. The van der Waals surface area contributed by atoms with Crippen LogP contribution in [0.5, 0.6) is 0 Å². The minimum absolute atomic E-state index is 0.687. The van der Waals surface area contributed by atoms with Gasteiger partial charge in [-0.3, -0.25) is 0 Å². The summed E-state index contributed by atoms with van der Waals surface area (Å²) in [6.07, 6.45) is 6.82. The Morgan fingerprint density at radius 2 is 1.92 bits per heavy atom. The molecule has 0 unspecified atom stereocenters. The van der Waals surface area contributed by atoms with Crippen molar-refractivity contribution >= 4 is 15.9 Å². The average molecular weight is 227 g/mol. The summed E-state index contributed by atoms with van der Waals surface area (Å²) in [6, 6.07) is 0. The summed E-state index contributed by atoms with van der Waals surface area (Å²) >= 11 is 3.29. The molecule has 0 aliphatic rings. The van der Waals surface area contributed by atoms with Crippen molar-refractivity contribution in [2.45, 2.75) is 20.8 Å². The molecule has 0 aromatic carbocycles. The fourth-order valence-electron chi connectivity index (χ4n) is 0.405. The van der Waals surface area contributed by atoms with Crippen molar-refractivity contribution in [2.75, 3.05) is 0 Å². The normalized spacial score (nSPS) is 9.92. The number of hydrogen-bond donors (Lipinski definition) is 0. The molecule has 0 aliphatic carbocycles. The van der Waals surface area contributed by atoms with Crippen LogP contribution in [0.2, 0.25) is 0 Å². The predicted octanol–water partition coefficient (Wildman–Crippen LogP) is 4.06. The molecule has 0 rings (SSSR count). The number of rotatable bonds is 2. The van der Waals surface area contributed by atoms with Crippen LogP contribution in [-0.2, 0) is 0 Å². The molecule has 0 amide bonds. The van der Waals surface area contributed by atoms with E-state index in [4.69, 9.17) is 6.42 Å². The van der Waals surface area contributed by atoms with Gasteiger partial charge in [0.05, 0.1) is 0 Å². The van der Waals surface area contributed by atoms with Gasteiger partial charge in [-0.25, -0.2) is 0 Å². The van der Waals surface area contributed by atoms with Gasteiger partial charge in [0.25, 0.3) is 0 Å². The van der Waals surface area contributed by atoms with Crippen LogP contribution in [0.1, 0.15) is 20.8 Å². The fourth-order valence-corrected chi connectivity index (χ4v) is 0.645. The SMILES string of the molecule is C#CC(=C)/C(C)=C(/Br)C=C.CC. The second kappa shape index (κ2) is 8.36. The molecule has 0 nitrogen and oxygen atoms in total. The third kappa shape index (κ3) is 4.98. The molecule has 0 aliphatic heterocycles. The van der Waals surface area contributed by atoms with Crippen molar-refractivity contribution in [3.8, 4) is 12.3 Å². The number of terminal acetylenes is 1. The predicted molar refractivity (Wildman–Crippen MR) is 61.1 cm³/mol. The molecule has 0 saturated heterocycles. The zero-order chi connectivity index (χ0) is 10.1. The highest BCUT2D eigenvalue weighted by molar-refractivity contribution is 9.11. The van der Waals surface area contributed by atoms with Crippen LogP contribution in [0.4, 0.5) is 0 Å². The van der Waals surface area contributed by atoms with Crippen molar-refractivity contribution in [3.63, 3.8) is 0 Å². The maximum Gasteiger partial charge on any atom is 0.0211 e. The van der Waals surface area contributed by atoms with Gasteiger partial charge in [0.15, 0.2) is 0 Å². The third-order valence-electron chi connectivity index (χ3n) is 1.16. The lowest BCUT2D eigenvalue weighted by Gasteiger charge is -1.98. The second-order valence-corrected chi connectivity index (χ2v) is 2.65. The third-order valence-corrected chi connectivity index (χ3v) is 2.08. The van der Waals surface area contributed by atoms with Gasteiger partial charge in [0.1, 0.15) is 0 Å². The zero-order valence-corrected chi connectivity index (χ0v) is 9.53. The van der Waals surface area contributed by atoms with Gasteiger partial charge in [-0.15, -0.1) is 6.42 Å². The lowest BCUT2D eigenvalue weighted by Crippen LogP contribution is -1.80. The topological polar surface area (TPSA) is 0 Å². The van der Waals surface area contributed by atoms with Gasteiger partial charge in [-0.2, -0.15) is 0 Å². The first kappa shape index (κ1) is 13.8. The fraction of sp³-hybridized carbons (Fsp3) is 0.273. The van der Waals surface area contributed by atoms with Gasteiger partial charge >= 0.3 is 0 Å². The van der Waals surface area contributed by atoms with E-state index >= 15 is 0 Å². The Labute approximate surface area is 84.2 Å². The van der Waals surface area contributed by atoms with Crippen LogP contribution in [0.25, 0.3) is 0 Å². The highest BCUT2D eigenvalue weighted by Gasteiger charge is 1.95. The zero-order valence-electron chi connectivity index (χ0n) is 7.95. The molecule has 0 radical (unpaired) electrons. The Morgan fingerprint density at radius 1 is 1.50 bits per heavy atom. The van der Waals surface area contributed by atoms with Crippen LogP contribution < -0.4 is 0 Å². The molecular formula is C11H15Br. The van der Waals surface area contributed by atoms with Gasteiger partial charge in [0.2, 0.25) is 0 Å². The Bertz CT molecular complexity index is 226. The first-order valence-corrected chi connectivity index (χ1v) is 4.57. The van der Waals surface area contributed by atoms with Crippen LogP contribution in [-0.4, -0.2) is 0 Å². The minimum atomic E-state index is 0.687. The van der Waals surface area contributed by atoms with E-state index in [0.717, 1.165) is 10.1 Å². The summed E-state index contributed by atoms with van der Waals surface area (Å²) in [4.78, 5) is 0. The number of hydrogen-bond acceptors (Lipinski definition) is 0. The van der Waals surface area contributed by atoms with Crippen LogP contribution in [0.15, 0.2) is 34.9 Å². The molecule has 66 valence electrons. The van der Waals surface area contributed by atoms with Crippen molar-refractivity contribution < 1.29 is 0 Å². The van der Waals surface area contributed by atoms with E-state index in [0.29, 0.717) is 5.57 Å². The summed E-state index contributed by atoms with van der Waals surface area (Å²) in [7, 11) is 0. The van der Waals surface area contributed by atoms with Gasteiger partial charge < -0.3 is 0 Å². The lowest BCUT2D eigenvalue weighted by molar-refractivity contribution is 1.46. The summed E-state index contributed by atoms with van der Waals surface area (Å²) in [5.41, 5.74) is 1.64. The van der Waals surface area contributed by atoms with E-state index in [1.54, 1.807) is 6.08 Å². The summed E-state index contributed by atoms with van der Waals surface area (Å²) in [5.74, 6) is 2.45. The summed E-state index contributed by atoms with van der Waals surface area (Å²) < 4.78 is 0.899. The molecule has 0 aromatic rings. The Kier molecular flexibility index (Phi) is 9.63. The summed E-state index contributed by atoms with van der Waals surface area (Å²) in [6.45, 7) is 13.2. The quantitative estimate of drug-likeness (QED) is 0.493. The van der Waals surface area contributed by atoms with Gasteiger partial charge in [0, 0.05) is 10.1 Å². The molecule has 0 N–H and O–H groups in total. The standard InChI is InChI=1S/C9H9Br.C2H6/c1-5-7(3)8(4)9(10)6-2;1-2/h1,6H,2-3H2,4H3;1-2H3/b9-8+;. The highest BCUT2D eigenvalue weighted by atomic mass is 79.9. The smallest absolute Gasteiger partial charge is 0.0211 e. The lowest BCUT2D eigenvalue weighted by atomic mass is 10.1. The minimum Gasteiger partial charge on any atom is -0.115 e. The summed E-state index contributed by atoms with van der Waals surface area (Å²) in [5, 5.41) is 0. The monoisotopic (exact) mass is 226 g/mol. The largest absolute Gasteiger partial charge is 0.115 e. The van der Waals surface area contributed by atoms with E-state index < -0.39 is 0 Å². The number of allylic oxidation sites excluding steroid dienone is 4. The van der Waals surface area contributed by atoms with Gasteiger partial charge in [-0.1, -0.05) is 54.9 Å². The maximum absolute atomic E-state index is 5.13. The first-order chi connectivity index (χ1) is 5.63. The molecule has 0 aromatic heterocycles. The molecule has 0 atom stereocenters. The molecule has 0 bridgehead atoms. The van der Waals surface area contributed by atoms with Crippen molar-refractivity contribution in [1.29, 1.82) is 0 Å². The second-order valence-electron chi connectivity index (χ2n) is 1.80. The van der Waals surface area contributed by atoms with Crippen molar-refractivity contribution in [3.05, 3.63) is 34.9 Å². The van der Waals surface area contributed by atoms with E-state index in [9.17, 15) is 0 Å².